The van der Waals surface area contributed by atoms with Gasteiger partial charge in [-0.15, -0.1) is 0 Å². The van der Waals surface area contributed by atoms with Gasteiger partial charge >= 0.3 is 0 Å². The molecular weight excluding hydrogens is 546 g/mol. The van der Waals surface area contributed by atoms with Gasteiger partial charge in [0.05, 0.1) is 27.6 Å². The second-order valence-corrected chi connectivity index (χ2v) is 11.8. The van der Waals surface area contributed by atoms with E-state index in [-0.39, 0.29) is 0 Å². The summed E-state index contributed by atoms with van der Waals surface area (Å²) in [6, 6.07) is 57.2. The first-order chi connectivity index (χ1) is 22.3. The van der Waals surface area contributed by atoms with E-state index in [2.05, 4.69) is 178 Å². The van der Waals surface area contributed by atoms with E-state index in [1.807, 2.05) is 0 Å². The van der Waals surface area contributed by atoms with Crippen LogP contribution in [-0.2, 0) is 0 Å². The minimum Gasteiger partial charge on any atom is -0.317 e. The molecule has 0 saturated carbocycles. The predicted molar refractivity (Wildman–Crippen MR) is 189 cm³/mol. The Labute approximate surface area is 259 Å². The summed E-state index contributed by atoms with van der Waals surface area (Å²) in [6.07, 6.45) is 2.20. The summed E-state index contributed by atoms with van der Waals surface area (Å²) in [7, 11) is 0. The summed E-state index contributed by atoms with van der Waals surface area (Å²) in [5.41, 5.74) is 9.59. The van der Waals surface area contributed by atoms with E-state index in [0.29, 0.717) is 0 Å². The smallest absolute Gasteiger partial charge is 0.0547 e. The van der Waals surface area contributed by atoms with E-state index < -0.39 is 0 Å². The molecule has 10 rings (SSSR count). The quantitative estimate of drug-likeness (QED) is 0.200. The van der Waals surface area contributed by atoms with Gasteiger partial charge in [0.25, 0.3) is 0 Å². The molecule has 0 saturated heterocycles. The van der Waals surface area contributed by atoms with Gasteiger partial charge in [0.2, 0.25) is 0 Å². The van der Waals surface area contributed by atoms with Gasteiger partial charge < -0.3 is 13.7 Å². The third-order valence-corrected chi connectivity index (χ3v) is 9.46. The molecule has 0 aliphatic carbocycles. The van der Waals surface area contributed by atoms with Crippen LogP contribution in [0.4, 0.5) is 0 Å². The molecule has 0 radical (unpaired) electrons. The molecule has 3 aromatic heterocycles. The van der Waals surface area contributed by atoms with Crippen LogP contribution in [-0.4, -0.2) is 13.7 Å². The van der Waals surface area contributed by atoms with Crippen molar-refractivity contribution >= 4 is 65.3 Å². The van der Waals surface area contributed by atoms with Crippen LogP contribution in [0, 0.1) is 0 Å². The average Bonchev–Trinajstić information content (AvgIpc) is 3.78. The zero-order valence-electron chi connectivity index (χ0n) is 24.4. The van der Waals surface area contributed by atoms with Gasteiger partial charge in [-0.3, -0.25) is 0 Å². The zero-order chi connectivity index (χ0) is 29.5. The highest BCUT2D eigenvalue weighted by atomic mass is 15.0. The minimum atomic E-state index is 1.15. The van der Waals surface area contributed by atoms with Crippen LogP contribution in [0.1, 0.15) is 0 Å². The Hall–Kier alpha value is -6.06. The maximum Gasteiger partial charge on any atom is 0.0547 e. The molecule has 210 valence electrons. The van der Waals surface area contributed by atoms with Gasteiger partial charge in [0.1, 0.15) is 0 Å². The molecule has 0 unspecified atom stereocenters. The molecule has 3 heteroatoms. The molecule has 0 bridgehead atoms. The largest absolute Gasteiger partial charge is 0.317 e. The molecule has 0 atom stereocenters. The number of hydrogen-bond donors (Lipinski definition) is 0. The van der Waals surface area contributed by atoms with Crippen molar-refractivity contribution in [2.75, 3.05) is 0 Å². The topological polar surface area (TPSA) is 14.8 Å². The molecular formula is C42H27N3. The highest BCUT2D eigenvalue weighted by Crippen LogP contribution is 2.38. The SMILES string of the molecule is c1ccc(-n2c3ccccc3c3cc4ccc5c(ccn5-c5ccc(-n6c7ccccc7c7ccccc76)cc5)c4cc32)cc1. The van der Waals surface area contributed by atoms with Crippen molar-refractivity contribution in [1.29, 1.82) is 0 Å². The lowest BCUT2D eigenvalue weighted by Crippen LogP contribution is -1.96. The van der Waals surface area contributed by atoms with Crippen LogP contribution in [0.3, 0.4) is 0 Å². The van der Waals surface area contributed by atoms with E-state index in [1.54, 1.807) is 0 Å². The Morgan fingerprint density at radius 2 is 0.800 bits per heavy atom. The third kappa shape index (κ3) is 3.46. The predicted octanol–water partition coefficient (Wildman–Crippen LogP) is 11.0. The van der Waals surface area contributed by atoms with Gasteiger partial charge in [0.15, 0.2) is 0 Å². The average molecular weight is 574 g/mol. The zero-order valence-corrected chi connectivity index (χ0v) is 24.4. The number of rotatable bonds is 3. The lowest BCUT2D eigenvalue weighted by molar-refractivity contribution is 1.11. The summed E-state index contributed by atoms with van der Waals surface area (Å²) in [4.78, 5) is 0. The summed E-state index contributed by atoms with van der Waals surface area (Å²) in [5.74, 6) is 0. The van der Waals surface area contributed by atoms with E-state index in [4.69, 9.17) is 0 Å². The van der Waals surface area contributed by atoms with E-state index >= 15 is 0 Å². The van der Waals surface area contributed by atoms with Crippen molar-refractivity contribution in [2.24, 2.45) is 0 Å². The highest BCUT2D eigenvalue weighted by molar-refractivity contribution is 6.18. The van der Waals surface area contributed by atoms with Crippen LogP contribution in [0.15, 0.2) is 164 Å². The first-order valence-corrected chi connectivity index (χ1v) is 15.4. The molecule has 3 nitrogen and oxygen atoms in total. The lowest BCUT2D eigenvalue weighted by Gasteiger charge is -2.11. The number of aromatic nitrogens is 3. The van der Waals surface area contributed by atoms with Crippen LogP contribution >= 0.6 is 0 Å². The highest BCUT2D eigenvalue weighted by Gasteiger charge is 2.16. The second kappa shape index (κ2) is 9.22. The fourth-order valence-electron chi connectivity index (χ4n) is 7.46. The normalized spacial score (nSPS) is 12.0. The minimum absolute atomic E-state index is 1.15. The maximum atomic E-state index is 2.40. The number of fused-ring (bicyclic) bond motifs is 9. The molecule has 0 amide bonds. The standard InChI is InChI=1S/C42H27N3/c1-2-10-30(11-3-1)45-41-17-9-6-14-34(41)37-26-28-18-23-38-35(36(28)27-42(37)45)24-25-43(38)29-19-21-31(22-20-29)44-39-15-7-4-12-32(39)33-13-5-8-16-40(33)44/h1-27H. The van der Waals surface area contributed by atoms with Gasteiger partial charge in [-0.2, -0.15) is 0 Å². The van der Waals surface area contributed by atoms with Crippen molar-refractivity contribution in [1.82, 2.24) is 13.7 Å². The molecule has 0 aliphatic heterocycles. The first kappa shape index (κ1) is 24.4. The Bertz CT molecular complexity index is 2690. The summed E-state index contributed by atoms with van der Waals surface area (Å²) >= 11 is 0. The number of benzene rings is 7. The van der Waals surface area contributed by atoms with E-state index in [0.717, 1.165) is 11.4 Å². The van der Waals surface area contributed by atoms with Gasteiger partial charge in [-0.05, 0) is 89.6 Å². The molecule has 0 aliphatic rings. The summed E-state index contributed by atoms with van der Waals surface area (Å²) in [5, 5.41) is 8.89. The Kier molecular flexibility index (Phi) is 5.00. The third-order valence-electron chi connectivity index (χ3n) is 9.46. The first-order valence-electron chi connectivity index (χ1n) is 15.4. The Morgan fingerprint density at radius 1 is 0.289 bits per heavy atom. The summed E-state index contributed by atoms with van der Waals surface area (Å²) in [6.45, 7) is 0. The van der Waals surface area contributed by atoms with Gasteiger partial charge in [-0.1, -0.05) is 78.9 Å². The molecule has 0 fully saturated rings. The fourth-order valence-corrected chi connectivity index (χ4v) is 7.46. The Morgan fingerprint density at radius 3 is 1.47 bits per heavy atom. The second-order valence-electron chi connectivity index (χ2n) is 11.8. The van der Waals surface area contributed by atoms with Crippen molar-refractivity contribution in [3.8, 4) is 17.1 Å². The van der Waals surface area contributed by atoms with E-state index in [1.165, 1.54) is 71.0 Å². The van der Waals surface area contributed by atoms with E-state index in [9.17, 15) is 0 Å². The van der Waals surface area contributed by atoms with Crippen LogP contribution in [0.2, 0.25) is 0 Å². The maximum absolute atomic E-state index is 2.40. The summed E-state index contributed by atoms with van der Waals surface area (Å²) < 4.78 is 7.07. The number of hydrogen-bond acceptors (Lipinski definition) is 0. The molecule has 3 heterocycles. The van der Waals surface area contributed by atoms with Crippen LogP contribution in [0.5, 0.6) is 0 Å². The van der Waals surface area contributed by atoms with Crippen LogP contribution in [0.25, 0.3) is 82.3 Å². The van der Waals surface area contributed by atoms with Crippen molar-refractivity contribution in [3.63, 3.8) is 0 Å². The van der Waals surface area contributed by atoms with Crippen molar-refractivity contribution in [3.05, 3.63) is 164 Å². The van der Waals surface area contributed by atoms with Gasteiger partial charge in [0, 0.05) is 50.2 Å². The molecule has 0 spiro atoms. The molecule has 0 N–H and O–H groups in total. The van der Waals surface area contributed by atoms with Crippen molar-refractivity contribution in [2.45, 2.75) is 0 Å². The molecule has 45 heavy (non-hydrogen) atoms. The van der Waals surface area contributed by atoms with Crippen molar-refractivity contribution < 1.29 is 0 Å². The van der Waals surface area contributed by atoms with Gasteiger partial charge in [-0.25, -0.2) is 0 Å². The Balaban J connectivity index is 1.14. The fraction of sp³-hybridized carbons (Fsp3) is 0. The molecule has 10 aromatic rings. The van der Waals surface area contributed by atoms with Crippen LogP contribution < -0.4 is 0 Å². The molecule has 7 aromatic carbocycles. The monoisotopic (exact) mass is 573 g/mol. The number of nitrogens with zero attached hydrogens (tertiary/aromatic N) is 3. The number of para-hydroxylation sites is 4. The lowest BCUT2D eigenvalue weighted by atomic mass is 10.0.